The number of nitrogens with one attached hydrogen (secondary N) is 1. The summed E-state index contributed by atoms with van der Waals surface area (Å²) in [6.07, 6.45) is 0. The number of nitrogens with zero attached hydrogens (tertiary/aromatic N) is 1. The van der Waals surface area contributed by atoms with Crippen molar-refractivity contribution in [1.82, 2.24) is 10.3 Å². The maximum absolute atomic E-state index is 12.1. The Balaban J connectivity index is 1.71. The van der Waals surface area contributed by atoms with Gasteiger partial charge in [-0.05, 0) is 31.2 Å². The minimum atomic E-state index is -0.0787. The molecule has 1 N–H and O–H groups in total. The number of para-hydroxylation sites is 1. The summed E-state index contributed by atoms with van der Waals surface area (Å²) >= 11 is 0. The number of pyridine rings is 1. The van der Waals surface area contributed by atoms with Crippen molar-refractivity contribution in [1.29, 1.82) is 0 Å². The lowest BCUT2D eigenvalue weighted by atomic mass is 10.1. The number of fused-ring (bicyclic) bond motifs is 1. The normalized spacial score (nSPS) is 10.5. The van der Waals surface area contributed by atoms with Gasteiger partial charge in [0.15, 0.2) is 0 Å². The number of amides is 1. The lowest BCUT2D eigenvalue weighted by molar-refractivity contribution is 0.0950. The van der Waals surface area contributed by atoms with E-state index in [-0.39, 0.29) is 5.91 Å². The van der Waals surface area contributed by atoms with E-state index in [0.717, 1.165) is 22.2 Å². The van der Waals surface area contributed by atoms with E-state index >= 15 is 0 Å². The van der Waals surface area contributed by atoms with E-state index < -0.39 is 0 Å². The van der Waals surface area contributed by atoms with Gasteiger partial charge in [-0.3, -0.25) is 9.78 Å². The van der Waals surface area contributed by atoms with Gasteiger partial charge in [0.1, 0.15) is 0 Å². The highest BCUT2D eigenvalue weighted by molar-refractivity contribution is 5.94. The number of benzene rings is 2. The van der Waals surface area contributed by atoms with Gasteiger partial charge in [0.25, 0.3) is 5.91 Å². The van der Waals surface area contributed by atoms with Crippen LogP contribution < -0.4 is 5.32 Å². The van der Waals surface area contributed by atoms with Crippen LogP contribution in [-0.2, 0) is 6.54 Å². The minimum Gasteiger partial charge on any atom is -0.346 e. The molecule has 0 fully saturated rings. The van der Waals surface area contributed by atoms with Gasteiger partial charge in [-0.2, -0.15) is 0 Å². The molecule has 0 aliphatic heterocycles. The Labute approximate surface area is 123 Å². The first-order valence-corrected chi connectivity index (χ1v) is 6.92. The predicted octanol–water partition coefficient (Wildman–Crippen LogP) is 3.47. The van der Waals surface area contributed by atoms with Crippen LogP contribution in [0.5, 0.6) is 0 Å². The van der Waals surface area contributed by atoms with Crippen molar-refractivity contribution in [2.24, 2.45) is 0 Å². The molecule has 21 heavy (non-hydrogen) atoms. The molecular formula is C18H16N2O. The van der Waals surface area contributed by atoms with Crippen molar-refractivity contribution in [2.45, 2.75) is 13.5 Å². The van der Waals surface area contributed by atoms with Gasteiger partial charge in [0.05, 0.1) is 17.8 Å². The van der Waals surface area contributed by atoms with Gasteiger partial charge in [0, 0.05) is 10.9 Å². The maximum atomic E-state index is 12.1. The molecule has 0 bridgehead atoms. The van der Waals surface area contributed by atoms with Crippen molar-refractivity contribution in [2.75, 3.05) is 0 Å². The Hall–Kier alpha value is -2.68. The SMILES string of the molecule is Cc1ccc(C(=O)NCc2ccc3ccccc3n2)cc1. The molecule has 0 radical (unpaired) electrons. The number of carbonyl (C=O) groups excluding carboxylic acids is 1. The second-order valence-corrected chi connectivity index (χ2v) is 5.04. The highest BCUT2D eigenvalue weighted by atomic mass is 16.1. The van der Waals surface area contributed by atoms with Crippen LogP contribution in [-0.4, -0.2) is 10.9 Å². The average molecular weight is 276 g/mol. The molecule has 0 saturated heterocycles. The van der Waals surface area contributed by atoms with Crippen LogP contribution in [0.4, 0.5) is 0 Å². The van der Waals surface area contributed by atoms with Crippen LogP contribution in [0.1, 0.15) is 21.6 Å². The van der Waals surface area contributed by atoms with Crippen LogP contribution in [0, 0.1) is 6.92 Å². The fourth-order valence-corrected chi connectivity index (χ4v) is 2.18. The summed E-state index contributed by atoms with van der Waals surface area (Å²) in [5.74, 6) is -0.0787. The van der Waals surface area contributed by atoms with Crippen LogP contribution in [0.25, 0.3) is 10.9 Å². The van der Waals surface area contributed by atoms with Crippen molar-refractivity contribution >= 4 is 16.8 Å². The number of aryl methyl sites for hydroxylation is 1. The van der Waals surface area contributed by atoms with Gasteiger partial charge in [-0.15, -0.1) is 0 Å². The van der Waals surface area contributed by atoms with Crippen molar-refractivity contribution in [3.63, 3.8) is 0 Å². The van der Waals surface area contributed by atoms with E-state index in [2.05, 4.69) is 10.3 Å². The summed E-state index contributed by atoms with van der Waals surface area (Å²) in [5.41, 5.74) is 3.61. The lowest BCUT2D eigenvalue weighted by Gasteiger charge is -2.06. The molecule has 0 spiro atoms. The third kappa shape index (κ3) is 3.08. The fourth-order valence-electron chi connectivity index (χ4n) is 2.18. The van der Waals surface area contributed by atoms with E-state index in [0.29, 0.717) is 12.1 Å². The maximum Gasteiger partial charge on any atom is 0.251 e. The van der Waals surface area contributed by atoms with Gasteiger partial charge in [-0.25, -0.2) is 0 Å². The van der Waals surface area contributed by atoms with Gasteiger partial charge < -0.3 is 5.32 Å². The smallest absolute Gasteiger partial charge is 0.251 e. The van der Waals surface area contributed by atoms with Crippen molar-refractivity contribution in [3.05, 3.63) is 77.5 Å². The number of rotatable bonds is 3. The second kappa shape index (κ2) is 5.75. The largest absolute Gasteiger partial charge is 0.346 e. The first-order chi connectivity index (χ1) is 10.2. The van der Waals surface area contributed by atoms with Crippen molar-refractivity contribution < 1.29 is 4.79 Å². The molecule has 2 aromatic carbocycles. The molecule has 3 nitrogen and oxygen atoms in total. The standard InChI is InChI=1S/C18H16N2O/c1-13-6-8-15(9-7-13)18(21)19-12-16-11-10-14-4-2-3-5-17(14)20-16/h2-11H,12H2,1H3,(H,19,21). The minimum absolute atomic E-state index is 0.0787. The van der Waals surface area contributed by atoms with Crippen LogP contribution >= 0.6 is 0 Å². The molecule has 1 heterocycles. The van der Waals surface area contributed by atoms with Crippen LogP contribution in [0.15, 0.2) is 60.7 Å². The fraction of sp³-hybridized carbons (Fsp3) is 0.111. The van der Waals surface area contributed by atoms with Gasteiger partial charge in [0.2, 0.25) is 0 Å². The molecule has 0 saturated carbocycles. The second-order valence-electron chi connectivity index (χ2n) is 5.04. The summed E-state index contributed by atoms with van der Waals surface area (Å²) in [4.78, 5) is 16.6. The first kappa shape index (κ1) is 13.3. The van der Waals surface area contributed by atoms with Gasteiger partial charge >= 0.3 is 0 Å². The Morgan fingerprint density at radius 3 is 2.57 bits per heavy atom. The highest BCUT2D eigenvalue weighted by Crippen LogP contribution is 2.11. The molecule has 3 aromatic rings. The molecule has 104 valence electrons. The summed E-state index contributed by atoms with van der Waals surface area (Å²) in [7, 11) is 0. The quantitative estimate of drug-likeness (QED) is 0.796. The number of aromatic nitrogens is 1. The van der Waals surface area contributed by atoms with E-state index in [1.165, 1.54) is 0 Å². The average Bonchev–Trinajstić information content (AvgIpc) is 2.53. The van der Waals surface area contributed by atoms with Crippen LogP contribution in [0.2, 0.25) is 0 Å². The predicted molar refractivity (Wildman–Crippen MR) is 84.1 cm³/mol. The zero-order valence-electron chi connectivity index (χ0n) is 11.8. The molecule has 1 aromatic heterocycles. The summed E-state index contributed by atoms with van der Waals surface area (Å²) < 4.78 is 0. The summed E-state index contributed by atoms with van der Waals surface area (Å²) in [5, 5.41) is 4.00. The zero-order valence-corrected chi connectivity index (χ0v) is 11.8. The monoisotopic (exact) mass is 276 g/mol. The molecule has 3 rings (SSSR count). The van der Waals surface area contributed by atoms with Gasteiger partial charge in [-0.1, -0.05) is 42.0 Å². The first-order valence-electron chi connectivity index (χ1n) is 6.92. The van der Waals surface area contributed by atoms with E-state index in [1.807, 2.05) is 67.6 Å². The number of hydrogen-bond donors (Lipinski definition) is 1. The number of hydrogen-bond acceptors (Lipinski definition) is 2. The lowest BCUT2D eigenvalue weighted by Crippen LogP contribution is -2.23. The molecule has 1 amide bonds. The summed E-state index contributed by atoms with van der Waals surface area (Å²) in [6.45, 7) is 2.43. The molecular weight excluding hydrogens is 260 g/mol. The topological polar surface area (TPSA) is 42.0 Å². The van der Waals surface area contributed by atoms with E-state index in [1.54, 1.807) is 0 Å². The highest BCUT2D eigenvalue weighted by Gasteiger charge is 2.05. The molecule has 3 heteroatoms. The molecule has 0 atom stereocenters. The Morgan fingerprint density at radius 2 is 1.76 bits per heavy atom. The molecule has 0 aliphatic carbocycles. The Bertz CT molecular complexity index is 779. The third-order valence-electron chi connectivity index (χ3n) is 3.40. The van der Waals surface area contributed by atoms with E-state index in [9.17, 15) is 4.79 Å². The Kier molecular flexibility index (Phi) is 3.65. The molecule has 0 aliphatic rings. The number of carbonyl (C=O) groups is 1. The zero-order chi connectivity index (χ0) is 14.7. The Morgan fingerprint density at radius 1 is 1.00 bits per heavy atom. The molecule has 0 unspecified atom stereocenters. The van der Waals surface area contributed by atoms with E-state index in [4.69, 9.17) is 0 Å². The van der Waals surface area contributed by atoms with Crippen LogP contribution in [0.3, 0.4) is 0 Å². The third-order valence-corrected chi connectivity index (χ3v) is 3.40. The summed E-state index contributed by atoms with van der Waals surface area (Å²) in [6, 6.07) is 19.4. The van der Waals surface area contributed by atoms with Crippen molar-refractivity contribution in [3.8, 4) is 0 Å².